The summed E-state index contributed by atoms with van der Waals surface area (Å²) < 4.78 is 5.41. The molecule has 1 aromatic carbocycles. The average Bonchev–Trinajstić information content (AvgIpc) is 3.11. The van der Waals surface area contributed by atoms with Crippen molar-refractivity contribution in [3.05, 3.63) is 48.2 Å². The minimum Gasteiger partial charge on any atom is -0.444 e. The number of nitrogens with zero attached hydrogens (tertiary/aromatic N) is 1. The van der Waals surface area contributed by atoms with Crippen LogP contribution in [0, 0.1) is 0 Å². The van der Waals surface area contributed by atoms with Crippen molar-refractivity contribution < 1.29 is 9.53 Å². The minimum absolute atomic E-state index is 0.0586. The molecule has 1 aliphatic rings. The molecule has 1 aliphatic heterocycles. The van der Waals surface area contributed by atoms with Gasteiger partial charge in [-0.1, -0.05) is 50.3 Å². The van der Waals surface area contributed by atoms with Crippen molar-refractivity contribution in [2.45, 2.75) is 64.6 Å². The van der Waals surface area contributed by atoms with E-state index in [0.717, 1.165) is 24.9 Å². The lowest BCUT2D eigenvalue weighted by Gasteiger charge is -2.24. The molecule has 2 atom stereocenters. The van der Waals surface area contributed by atoms with Gasteiger partial charge < -0.3 is 15.0 Å². The molecule has 132 valence electrons. The topological polar surface area (TPSA) is 41.3 Å². The summed E-state index contributed by atoms with van der Waals surface area (Å²) in [6.07, 6.45) is 2.79. The molecule has 0 aliphatic carbocycles. The van der Waals surface area contributed by atoms with Crippen LogP contribution >= 0.6 is 0 Å². The van der Waals surface area contributed by atoms with Crippen molar-refractivity contribution in [1.82, 2.24) is 10.2 Å². The van der Waals surface area contributed by atoms with E-state index in [9.17, 15) is 4.79 Å². The summed E-state index contributed by atoms with van der Waals surface area (Å²) in [6.45, 7) is 12.8. The molecule has 1 aromatic rings. The Kier molecular flexibility index (Phi) is 5.92. The monoisotopic (exact) mass is 330 g/mol. The highest BCUT2D eigenvalue weighted by molar-refractivity contribution is 5.68. The molecule has 1 saturated heterocycles. The Hall–Kier alpha value is -1.97. The van der Waals surface area contributed by atoms with Crippen molar-refractivity contribution in [2.75, 3.05) is 6.54 Å². The number of benzene rings is 1. The van der Waals surface area contributed by atoms with Crippen LogP contribution in [0.1, 0.15) is 58.6 Å². The second-order valence-electron chi connectivity index (χ2n) is 7.39. The smallest absolute Gasteiger partial charge is 0.408 e. The summed E-state index contributed by atoms with van der Waals surface area (Å²) in [5.41, 5.74) is 1.83. The highest BCUT2D eigenvalue weighted by Gasteiger charge is 2.37. The summed E-state index contributed by atoms with van der Waals surface area (Å²) in [5, 5.41) is 3.02. The van der Waals surface area contributed by atoms with Crippen LogP contribution in [0.15, 0.2) is 42.6 Å². The first kappa shape index (κ1) is 18.4. The van der Waals surface area contributed by atoms with Gasteiger partial charge in [0.2, 0.25) is 0 Å². The molecular formula is C20H30N2O2. The van der Waals surface area contributed by atoms with Crippen LogP contribution in [0.3, 0.4) is 0 Å². The van der Waals surface area contributed by atoms with Crippen molar-refractivity contribution >= 4 is 6.09 Å². The molecule has 1 amide bonds. The Balaban J connectivity index is 1.97. The Bertz CT molecular complexity index is 563. The zero-order chi connectivity index (χ0) is 17.7. The van der Waals surface area contributed by atoms with Gasteiger partial charge >= 0.3 is 6.09 Å². The fourth-order valence-corrected chi connectivity index (χ4v) is 2.95. The highest BCUT2D eigenvalue weighted by atomic mass is 16.6. The van der Waals surface area contributed by atoms with E-state index >= 15 is 0 Å². The maximum atomic E-state index is 12.2. The molecule has 2 rings (SSSR count). The van der Waals surface area contributed by atoms with E-state index in [0.29, 0.717) is 6.04 Å². The molecule has 24 heavy (non-hydrogen) atoms. The van der Waals surface area contributed by atoms with Gasteiger partial charge in [-0.25, -0.2) is 4.79 Å². The molecule has 1 fully saturated rings. The van der Waals surface area contributed by atoms with Crippen LogP contribution in [-0.2, 0) is 4.74 Å². The number of amides is 1. The fraction of sp³-hybridized carbons (Fsp3) is 0.550. The predicted molar refractivity (Wildman–Crippen MR) is 97.7 cm³/mol. The van der Waals surface area contributed by atoms with Crippen molar-refractivity contribution in [3.8, 4) is 0 Å². The standard InChI is InChI=1S/C20H30N2O2/c1-6-10-18-15(2)22(18)14-13-17(16-11-8-7-9-12-16)21-19(23)24-20(3,4)5/h7-9,11-12,17-18H,2,6,10,13-14H2,1,3-5H3,(H,21,23). The summed E-state index contributed by atoms with van der Waals surface area (Å²) in [4.78, 5) is 14.5. The molecule has 0 bridgehead atoms. The summed E-state index contributed by atoms with van der Waals surface area (Å²) >= 11 is 0. The number of alkyl carbamates (subject to hydrolysis) is 1. The molecule has 1 heterocycles. The molecule has 4 heteroatoms. The number of carbonyl (C=O) groups is 1. The average molecular weight is 330 g/mol. The molecule has 0 radical (unpaired) electrons. The van der Waals surface area contributed by atoms with Crippen LogP contribution in [0.4, 0.5) is 4.79 Å². The zero-order valence-electron chi connectivity index (χ0n) is 15.3. The number of nitrogens with one attached hydrogen (secondary N) is 1. The first-order valence-electron chi connectivity index (χ1n) is 8.81. The van der Waals surface area contributed by atoms with Gasteiger partial charge in [0.05, 0.1) is 12.1 Å². The molecular weight excluding hydrogens is 300 g/mol. The maximum absolute atomic E-state index is 12.2. The number of rotatable bonds is 7. The van der Waals surface area contributed by atoms with Gasteiger partial charge in [0.25, 0.3) is 0 Å². The van der Waals surface area contributed by atoms with Crippen LogP contribution in [0.2, 0.25) is 0 Å². The Morgan fingerprint density at radius 3 is 2.58 bits per heavy atom. The van der Waals surface area contributed by atoms with Crippen molar-refractivity contribution in [1.29, 1.82) is 0 Å². The number of ether oxygens (including phenoxy) is 1. The Labute approximate surface area is 145 Å². The number of hydrogen-bond donors (Lipinski definition) is 1. The third kappa shape index (κ3) is 5.29. The number of carbonyl (C=O) groups excluding carboxylic acids is 1. The van der Waals surface area contributed by atoms with Gasteiger partial charge in [-0.2, -0.15) is 0 Å². The van der Waals surface area contributed by atoms with Crippen LogP contribution in [-0.4, -0.2) is 29.2 Å². The van der Waals surface area contributed by atoms with E-state index in [-0.39, 0.29) is 12.1 Å². The van der Waals surface area contributed by atoms with E-state index in [1.54, 1.807) is 0 Å². The van der Waals surface area contributed by atoms with Gasteiger partial charge in [-0.3, -0.25) is 0 Å². The molecule has 0 aromatic heterocycles. The van der Waals surface area contributed by atoms with Crippen molar-refractivity contribution in [3.63, 3.8) is 0 Å². The SMILES string of the molecule is C=C1C(CCC)N1CCC(NC(=O)OC(C)(C)C)c1ccccc1. The lowest BCUT2D eigenvalue weighted by Crippen LogP contribution is -2.35. The van der Waals surface area contributed by atoms with Gasteiger partial charge in [0.15, 0.2) is 0 Å². The second-order valence-corrected chi connectivity index (χ2v) is 7.39. The van der Waals surface area contributed by atoms with Gasteiger partial charge in [-0.15, -0.1) is 0 Å². The van der Waals surface area contributed by atoms with Crippen molar-refractivity contribution in [2.24, 2.45) is 0 Å². The summed E-state index contributed by atoms with van der Waals surface area (Å²) in [7, 11) is 0. The largest absolute Gasteiger partial charge is 0.444 e. The zero-order valence-corrected chi connectivity index (χ0v) is 15.3. The van der Waals surface area contributed by atoms with E-state index in [1.165, 1.54) is 12.1 Å². The van der Waals surface area contributed by atoms with E-state index in [2.05, 4.69) is 23.7 Å². The third-order valence-electron chi connectivity index (χ3n) is 4.18. The fourth-order valence-electron chi connectivity index (χ4n) is 2.95. The first-order chi connectivity index (χ1) is 11.3. The second kappa shape index (κ2) is 7.73. The molecule has 1 N–H and O–H groups in total. The van der Waals surface area contributed by atoms with Crippen LogP contribution < -0.4 is 5.32 Å². The maximum Gasteiger partial charge on any atom is 0.408 e. The lowest BCUT2D eigenvalue weighted by atomic mass is 10.0. The van der Waals surface area contributed by atoms with Crippen LogP contribution in [0.5, 0.6) is 0 Å². The third-order valence-corrected chi connectivity index (χ3v) is 4.18. The molecule has 2 unspecified atom stereocenters. The van der Waals surface area contributed by atoms with E-state index in [1.807, 2.05) is 51.1 Å². The highest BCUT2D eigenvalue weighted by Crippen LogP contribution is 2.35. The Morgan fingerprint density at radius 2 is 2.00 bits per heavy atom. The van der Waals surface area contributed by atoms with Gasteiger partial charge in [0, 0.05) is 12.2 Å². The quantitative estimate of drug-likeness (QED) is 0.740. The van der Waals surface area contributed by atoms with Gasteiger partial charge in [-0.05, 0) is 39.2 Å². The first-order valence-corrected chi connectivity index (χ1v) is 8.81. The normalized spacial score (nSPS) is 18.2. The summed E-state index contributed by atoms with van der Waals surface area (Å²) in [6, 6.07) is 10.5. The predicted octanol–water partition coefficient (Wildman–Crippen LogP) is 4.64. The molecule has 0 saturated carbocycles. The van der Waals surface area contributed by atoms with Crippen LogP contribution in [0.25, 0.3) is 0 Å². The number of hydrogen-bond acceptors (Lipinski definition) is 3. The minimum atomic E-state index is -0.494. The lowest BCUT2D eigenvalue weighted by molar-refractivity contribution is 0.0500. The van der Waals surface area contributed by atoms with E-state index in [4.69, 9.17) is 4.74 Å². The Morgan fingerprint density at radius 1 is 1.33 bits per heavy atom. The summed E-state index contributed by atoms with van der Waals surface area (Å²) in [5.74, 6) is 0. The molecule has 4 nitrogen and oxygen atoms in total. The van der Waals surface area contributed by atoms with E-state index < -0.39 is 5.60 Å². The van der Waals surface area contributed by atoms with Gasteiger partial charge in [0.1, 0.15) is 5.60 Å². The molecule has 0 spiro atoms.